The van der Waals surface area contributed by atoms with Gasteiger partial charge in [0.05, 0.1) is 18.8 Å². The van der Waals surface area contributed by atoms with Crippen molar-refractivity contribution in [3.05, 3.63) is 23.3 Å². The molecule has 3 aliphatic rings. The summed E-state index contributed by atoms with van der Waals surface area (Å²) in [5.74, 6) is -0.610. The smallest absolute Gasteiger partial charge is 0.189 e. The van der Waals surface area contributed by atoms with Gasteiger partial charge in [0.1, 0.15) is 0 Å². The number of allylic oxidation sites excluding steroid dienone is 1. The van der Waals surface area contributed by atoms with Crippen molar-refractivity contribution >= 4 is 5.78 Å². The lowest BCUT2D eigenvalue weighted by molar-refractivity contribution is -0.275. The Labute approximate surface area is 164 Å². The molecule has 0 amide bonds. The van der Waals surface area contributed by atoms with Crippen molar-refractivity contribution in [2.45, 2.75) is 102 Å². The second kappa shape index (κ2) is 9.49. The highest BCUT2D eigenvalue weighted by molar-refractivity contribution is 5.96. The van der Waals surface area contributed by atoms with Gasteiger partial charge < -0.3 is 14.6 Å². The highest BCUT2D eigenvalue weighted by Gasteiger charge is 2.46. The Morgan fingerprint density at radius 1 is 1.19 bits per heavy atom. The summed E-state index contributed by atoms with van der Waals surface area (Å²) >= 11 is 0. The molecule has 1 aliphatic carbocycles. The average molecular weight is 377 g/mol. The average Bonchev–Trinajstić information content (AvgIpc) is 2.65. The summed E-state index contributed by atoms with van der Waals surface area (Å²) in [5, 5.41) is 9.89. The fourth-order valence-electron chi connectivity index (χ4n) is 4.73. The first-order chi connectivity index (χ1) is 13.1. The van der Waals surface area contributed by atoms with Gasteiger partial charge in [0.2, 0.25) is 0 Å². The molecule has 2 aliphatic heterocycles. The fraction of sp³-hybridized carbons (Fsp3) is 0.783. The lowest BCUT2D eigenvalue weighted by Crippen LogP contribution is -2.50. The van der Waals surface area contributed by atoms with Crippen LogP contribution in [0, 0.1) is 5.92 Å². The minimum Gasteiger partial charge on any atom is -0.392 e. The number of carbonyl (C=O) groups is 1. The Balaban J connectivity index is 1.61. The van der Waals surface area contributed by atoms with Crippen LogP contribution in [0.1, 0.15) is 84.5 Å². The van der Waals surface area contributed by atoms with E-state index in [1.807, 2.05) is 19.1 Å². The minimum absolute atomic E-state index is 0.0299. The van der Waals surface area contributed by atoms with Gasteiger partial charge >= 0.3 is 0 Å². The maximum Gasteiger partial charge on any atom is 0.189 e. The van der Waals surface area contributed by atoms with Crippen molar-refractivity contribution in [3.63, 3.8) is 0 Å². The molecule has 4 atom stereocenters. The molecule has 152 valence electrons. The van der Waals surface area contributed by atoms with Crippen LogP contribution in [0.5, 0.6) is 0 Å². The molecule has 4 heteroatoms. The van der Waals surface area contributed by atoms with Crippen LogP contribution < -0.4 is 0 Å². The van der Waals surface area contributed by atoms with Crippen LogP contribution in [0.15, 0.2) is 23.3 Å². The molecule has 0 aromatic heterocycles. The summed E-state index contributed by atoms with van der Waals surface area (Å²) < 4.78 is 12.9. The number of carbonyl (C=O) groups excluding carboxylic acids is 1. The van der Waals surface area contributed by atoms with Gasteiger partial charge in [0.25, 0.3) is 0 Å². The molecule has 0 aromatic rings. The van der Waals surface area contributed by atoms with Crippen molar-refractivity contribution in [1.29, 1.82) is 0 Å². The van der Waals surface area contributed by atoms with Crippen LogP contribution >= 0.6 is 0 Å². The van der Waals surface area contributed by atoms with Gasteiger partial charge in [-0.05, 0) is 49.5 Å². The maximum absolute atomic E-state index is 12.1. The topological polar surface area (TPSA) is 55.8 Å². The van der Waals surface area contributed by atoms with Gasteiger partial charge in [-0.15, -0.1) is 0 Å². The molecule has 4 nitrogen and oxygen atoms in total. The van der Waals surface area contributed by atoms with E-state index in [4.69, 9.17) is 9.47 Å². The van der Waals surface area contributed by atoms with Gasteiger partial charge in [0, 0.05) is 18.8 Å². The molecule has 1 spiro atoms. The zero-order chi connectivity index (χ0) is 19.3. The molecule has 1 N–H and O–H groups in total. The standard InChI is InChI=1S/C23H36O4/c1-3-4-5-6-7-8-10-19-11-9-12-23(26-19)15-18(16-24)20-14-21(25)17(2)13-22(20)27-23/h13,15,19-20,22,24H,3-12,14,16H2,1-2H3/t19?,20-,22-,23?/m1/s1. The van der Waals surface area contributed by atoms with Crippen LogP contribution in [-0.4, -0.2) is 35.5 Å². The Hall–Kier alpha value is -0.970. The SMILES string of the molecule is CCCCCCCCC1CCCC2(C=C(CO)[C@H]3CC(=O)C(C)=C[C@H]3O2)O1. The van der Waals surface area contributed by atoms with Gasteiger partial charge in [-0.1, -0.05) is 45.4 Å². The monoisotopic (exact) mass is 376 g/mol. The van der Waals surface area contributed by atoms with Crippen molar-refractivity contribution in [1.82, 2.24) is 0 Å². The number of rotatable bonds is 8. The molecule has 1 fully saturated rings. The number of ketones is 1. The van der Waals surface area contributed by atoms with E-state index in [0.29, 0.717) is 6.42 Å². The molecular weight excluding hydrogens is 340 g/mol. The number of hydrogen-bond acceptors (Lipinski definition) is 4. The van der Waals surface area contributed by atoms with E-state index in [1.54, 1.807) is 0 Å². The number of unbranched alkanes of at least 4 members (excludes halogenated alkanes) is 5. The van der Waals surface area contributed by atoms with Gasteiger partial charge in [-0.2, -0.15) is 0 Å². The van der Waals surface area contributed by atoms with E-state index in [1.165, 1.54) is 38.5 Å². The van der Waals surface area contributed by atoms with Crippen molar-refractivity contribution in [2.24, 2.45) is 5.92 Å². The first-order valence-corrected chi connectivity index (χ1v) is 11.0. The lowest BCUT2D eigenvalue weighted by atomic mass is 9.78. The van der Waals surface area contributed by atoms with Gasteiger partial charge in [-0.25, -0.2) is 0 Å². The second-order valence-corrected chi connectivity index (χ2v) is 8.54. The summed E-state index contributed by atoms with van der Waals surface area (Å²) in [6.45, 7) is 4.07. The Kier molecular flexibility index (Phi) is 7.29. The molecular formula is C23H36O4. The number of hydrogen-bond donors (Lipinski definition) is 1. The van der Waals surface area contributed by atoms with E-state index in [-0.39, 0.29) is 30.5 Å². The van der Waals surface area contributed by atoms with E-state index < -0.39 is 5.79 Å². The molecule has 0 radical (unpaired) electrons. The van der Waals surface area contributed by atoms with E-state index in [0.717, 1.165) is 36.8 Å². The molecule has 0 saturated carbocycles. The number of Topliss-reactive ketones (excluding diaryl/α,β-unsaturated/α-hetero) is 1. The summed E-state index contributed by atoms with van der Waals surface area (Å²) in [6.07, 6.45) is 16.3. The van der Waals surface area contributed by atoms with Gasteiger partial charge in [-0.3, -0.25) is 4.79 Å². The van der Waals surface area contributed by atoms with Crippen LogP contribution in [0.4, 0.5) is 0 Å². The largest absolute Gasteiger partial charge is 0.392 e. The van der Waals surface area contributed by atoms with Crippen molar-refractivity contribution in [2.75, 3.05) is 6.61 Å². The van der Waals surface area contributed by atoms with Crippen LogP contribution in [0.25, 0.3) is 0 Å². The molecule has 0 aromatic carbocycles. The molecule has 3 rings (SSSR count). The summed E-state index contributed by atoms with van der Waals surface area (Å²) in [5.41, 5.74) is 1.67. The number of aliphatic hydroxyl groups is 1. The normalized spacial score (nSPS) is 33.6. The highest BCUT2D eigenvalue weighted by atomic mass is 16.7. The number of ether oxygens (including phenoxy) is 2. The van der Waals surface area contributed by atoms with E-state index in [2.05, 4.69) is 6.92 Å². The first kappa shape index (κ1) is 20.8. The zero-order valence-electron chi connectivity index (χ0n) is 17.0. The maximum atomic E-state index is 12.1. The summed E-state index contributed by atoms with van der Waals surface area (Å²) in [6, 6.07) is 0. The van der Waals surface area contributed by atoms with E-state index >= 15 is 0 Å². The molecule has 27 heavy (non-hydrogen) atoms. The first-order valence-electron chi connectivity index (χ1n) is 11.0. The number of aliphatic hydroxyl groups excluding tert-OH is 1. The second-order valence-electron chi connectivity index (χ2n) is 8.54. The van der Waals surface area contributed by atoms with Crippen LogP contribution in [0.3, 0.4) is 0 Å². The molecule has 1 saturated heterocycles. The predicted octanol–water partition coefficient (Wildman–Crippen LogP) is 4.86. The zero-order valence-corrected chi connectivity index (χ0v) is 17.0. The Bertz CT molecular complexity index is 579. The quantitative estimate of drug-likeness (QED) is 0.486. The van der Waals surface area contributed by atoms with Crippen molar-refractivity contribution in [3.8, 4) is 0 Å². The Morgan fingerprint density at radius 2 is 1.96 bits per heavy atom. The molecule has 2 unspecified atom stereocenters. The third-order valence-corrected chi connectivity index (χ3v) is 6.35. The third-order valence-electron chi connectivity index (χ3n) is 6.35. The third kappa shape index (κ3) is 5.10. The van der Waals surface area contributed by atoms with Gasteiger partial charge in [0.15, 0.2) is 11.6 Å². The molecule has 2 heterocycles. The number of fused-ring (bicyclic) bond motifs is 1. The Morgan fingerprint density at radius 3 is 2.74 bits per heavy atom. The van der Waals surface area contributed by atoms with Crippen LogP contribution in [-0.2, 0) is 14.3 Å². The van der Waals surface area contributed by atoms with Crippen LogP contribution in [0.2, 0.25) is 0 Å². The van der Waals surface area contributed by atoms with E-state index in [9.17, 15) is 9.90 Å². The fourth-order valence-corrected chi connectivity index (χ4v) is 4.73. The minimum atomic E-state index is -0.721. The molecule has 0 bridgehead atoms. The lowest BCUT2D eigenvalue weighted by Gasteiger charge is -2.47. The van der Waals surface area contributed by atoms with Crippen molar-refractivity contribution < 1.29 is 19.4 Å². The highest BCUT2D eigenvalue weighted by Crippen LogP contribution is 2.43. The summed E-state index contributed by atoms with van der Waals surface area (Å²) in [7, 11) is 0. The summed E-state index contributed by atoms with van der Waals surface area (Å²) in [4.78, 5) is 12.1. The predicted molar refractivity (Wildman–Crippen MR) is 106 cm³/mol.